The minimum atomic E-state index is 0.585. The Kier molecular flexibility index (Phi) is 3.38. The van der Waals surface area contributed by atoms with Gasteiger partial charge in [0, 0.05) is 24.9 Å². The maximum absolute atomic E-state index is 5.48. The molecular weight excluding hydrogens is 272 g/mol. The molecule has 0 N–H and O–H groups in total. The van der Waals surface area contributed by atoms with E-state index in [4.69, 9.17) is 4.42 Å². The highest BCUT2D eigenvalue weighted by atomic mass is 79.9. The van der Waals surface area contributed by atoms with E-state index in [1.807, 2.05) is 20.0 Å². The summed E-state index contributed by atoms with van der Waals surface area (Å²) in [5.41, 5.74) is 1.89. The third kappa shape index (κ3) is 2.49. The van der Waals surface area contributed by atoms with Gasteiger partial charge in [-0.2, -0.15) is 0 Å². The van der Waals surface area contributed by atoms with Crippen LogP contribution in [0.3, 0.4) is 0 Å². The summed E-state index contributed by atoms with van der Waals surface area (Å²) in [5.74, 6) is 1.53. The molecule has 0 radical (unpaired) electrons. The topological polar surface area (TPSA) is 56.7 Å². The second-order valence-electron chi connectivity index (χ2n) is 3.59. The molecule has 0 atom stereocenters. The summed E-state index contributed by atoms with van der Waals surface area (Å²) in [6.07, 6.45) is 2.81. The number of rotatable bonds is 4. The molecule has 2 aromatic heterocycles. The Morgan fingerprint density at radius 1 is 1.44 bits per heavy atom. The van der Waals surface area contributed by atoms with Crippen LogP contribution >= 0.6 is 15.9 Å². The van der Waals surface area contributed by atoms with Gasteiger partial charge in [-0.1, -0.05) is 21.1 Å². The van der Waals surface area contributed by atoms with Gasteiger partial charge in [0.15, 0.2) is 5.89 Å². The van der Waals surface area contributed by atoms with Gasteiger partial charge in [0.2, 0.25) is 0 Å². The van der Waals surface area contributed by atoms with Crippen LogP contribution in [0.5, 0.6) is 0 Å². The third-order valence-corrected chi connectivity index (χ3v) is 2.64. The summed E-state index contributed by atoms with van der Waals surface area (Å²) in [4.78, 5) is 4.21. The first-order chi connectivity index (χ1) is 7.69. The quantitative estimate of drug-likeness (QED) is 0.805. The van der Waals surface area contributed by atoms with Crippen LogP contribution < -0.4 is 0 Å². The summed E-state index contributed by atoms with van der Waals surface area (Å²) < 4.78 is 7.25. The fourth-order valence-corrected chi connectivity index (χ4v) is 1.90. The molecule has 5 nitrogen and oxygen atoms in total. The van der Waals surface area contributed by atoms with Crippen molar-refractivity contribution in [1.82, 2.24) is 20.0 Å². The predicted octanol–water partition coefficient (Wildman–Crippen LogP) is 1.87. The number of hydrogen-bond donors (Lipinski definition) is 0. The Balaban J connectivity index is 2.11. The highest BCUT2D eigenvalue weighted by Gasteiger charge is 2.08. The third-order valence-electron chi connectivity index (χ3n) is 2.24. The minimum Gasteiger partial charge on any atom is -0.444 e. The molecule has 0 bridgehead atoms. The lowest BCUT2D eigenvalue weighted by atomic mass is 10.3. The average molecular weight is 285 g/mol. The fourth-order valence-electron chi connectivity index (χ4n) is 1.49. The molecule has 2 heterocycles. The molecule has 0 fully saturated rings. The SMILES string of the molecule is Cc1nc(C)c(Cn2cc(CCBr)nn2)o1. The van der Waals surface area contributed by atoms with E-state index in [-0.39, 0.29) is 0 Å². The van der Waals surface area contributed by atoms with Crippen molar-refractivity contribution < 1.29 is 4.42 Å². The van der Waals surface area contributed by atoms with Crippen molar-refractivity contribution in [2.24, 2.45) is 0 Å². The lowest BCUT2D eigenvalue weighted by Crippen LogP contribution is -2.00. The summed E-state index contributed by atoms with van der Waals surface area (Å²) >= 11 is 3.37. The van der Waals surface area contributed by atoms with E-state index in [0.717, 1.165) is 28.9 Å². The normalized spacial score (nSPS) is 10.9. The van der Waals surface area contributed by atoms with E-state index in [1.165, 1.54) is 0 Å². The molecule has 0 aliphatic carbocycles. The van der Waals surface area contributed by atoms with E-state index < -0.39 is 0 Å². The van der Waals surface area contributed by atoms with Crippen molar-refractivity contribution in [1.29, 1.82) is 0 Å². The lowest BCUT2D eigenvalue weighted by molar-refractivity contribution is 0.448. The first kappa shape index (κ1) is 11.3. The fraction of sp³-hybridized carbons (Fsp3) is 0.500. The van der Waals surface area contributed by atoms with Crippen LogP contribution in [0.1, 0.15) is 23.0 Å². The number of aryl methyl sites for hydroxylation is 3. The van der Waals surface area contributed by atoms with E-state index >= 15 is 0 Å². The highest BCUT2D eigenvalue weighted by Crippen LogP contribution is 2.10. The van der Waals surface area contributed by atoms with Gasteiger partial charge < -0.3 is 4.42 Å². The van der Waals surface area contributed by atoms with Crippen LogP contribution in [0.2, 0.25) is 0 Å². The molecule has 0 aliphatic rings. The van der Waals surface area contributed by atoms with Crippen LogP contribution in [0.25, 0.3) is 0 Å². The molecule has 0 aliphatic heterocycles. The smallest absolute Gasteiger partial charge is 0.191 e. The molecule has 2 rings (SSSR count). The molecule has 0 unspecified atom stereocenters. The van der Waals surface area contributed by atoms with Gasteiger partial charge in [-0.25, -0.2) is 9.67 Å². The number of oxazole rings is 1. The van der Waals surface area contributed by atoms with Crippen LogP contribution in [0.4, 0.5) is 0 Å². The standard InChI is InChI=1S/C10H13BrN4O/c1-7-10(16-8(2)12-7)6-15-5-9(3-4-11)13-14-15/h5H,3-4,6H2,1-2H3. The molecule has 0 spiro atoms. The summed E-state index contributed by atoms with van der Waals surface area (Å²) in [6, 6.07) is 0. The zero-order valence-corrected chi connectivity index (χ0v) is 10.9. The van der Waals surface area contributed by atoms with Gasteiger partial charge in [0.1, 0.15) is 12.3 Å². The molecule has 0 amide bonds. The Morgan fingerprint density at radius 3 is 2.88 bits per heavy atom. The highest BCUT2D eigenvalue weighted by molar-refractivity contribution is 9.09. The summed E-state index contributed by atoms with van der Waals surface area (Å²) in [7, 11) is 0. The summed E-state index contributed by atoms with van der Waals surface area (Å²) in [6.45, 7) is 4.36. The van der Waals surface area contributed by atoms with Crippen LogP contribution in [0, 0.1) is 13.8 Å². The van der Waals surface area contributed by atoms with Crippen molar-refractivity contribution in [3.8, 4) is 0 Å². The Hall–Kier alpha value is -1.17. The van der Waals surface area contributed by atoms with Crippen LogP contribution in [-0.2, 0) is 13.0 Å². The van der Waals surface area contributed by atoms with E-state index in [1.54, 1.807) is 4.68 Å². The van der Waals surface area contributed by atoms with E-state index in [2.05, 4.69) is 31.2 Å². The Bertz CT molecular complexity index is 477. The van der Waals surface area contributed by atoms with Gasteiger partial charge >= 0.3 is 0 Å². The van der Waals surface area contributed by atoms with Crippen LogP contribution in [-0.4, -0.2) is 25.3 Å². The van der Waals surface area contributed by atoms with Gasteiger partial charge in [0.05, 0.1) is 11.4 Å². The maximum Gasteiger partial charge on any atom is 0.191 e. The van der Waals surface area contributed by atoms with Crippen molar-refractivity contribution in [2.45, 2.75) is 26.8 Å². The molecule has 0 saturated carbocycles. The molecule has 0 aromatic carbocycles. The first-order valence-electron chi connectivity index (χ1n) is 5.07. The predicted molar refractivity (Wildman–Crippen MR) is 62.6 cm³/mol. The van der Waals surface area contributed by atoms with Crippen molar-refractivity contribution in [3.05, 3.63) is 29.2 Å². The van der Waals surface area contributed by atoms with Gasteiger partial charge in [-0.3, -0.25) is 0 Å². The average Bonchev–Trinajstić information content (AvgIpc) is 2.76. The van der Waals surface area contributed by atoms with Crippen molar-refractivity contribution in [3.63, 3.8) is 0 Å². The number of halogens is 1. The number of alkyl halides is 1. The Morgan fingerprint density at radius 2 is 2.25 bits per heavy atom. The molecule has 6 heteroatoms. The minimum absolute atomic E-state index is 0.585. The molecule has 0 saturated heterocycles. The van der Waals surface area contributed by atoms with Crippen LogP contribution in [0.15, 0.2) is 10.6 Å². The van der Waals surface area contributed by atoms with Crippen molar-refractivity contribution >= 4 is 15.9 Å². The van der Waals surface area contributed by atoms with Gasteiger partial charge in [-0.15, -0.1) is 5.10 Å². The molecule has 2 aromatic rings. The largest absolute Gasteiger partial charge is 0.444 e. The van der Waals surface area contributed by atoms with Gasteiger partial charge in [-0.05, 0) is 6.92 Å². The number of nitrogens with zero attached hydrogens (tertiary/aromatic N) is 4. The first-order valence-corrected chi connectivity index (χ1v) is 6.19. The lowest BCUT2D eigenvalue weighted by Gasteiger charge is -1.96. The second-order valence-corrected chi connectivity index (χ2v) is 4.38. The molecule has 16 heavy (non-hydrogen) atoms. The number of hydrogen-bond acceptors (Lipinski definition) is 4. The number of aromatic nitrogens is 4. The Labute approximate surface area is 102 Å². The maximum atomic E-state index is 5.48. The molecular formula is C10H13BrN4O. The second kappa shape index (κ2) is 4.78. The zero-order chi connectivity index (χ0) is 11.5. The summed E-state index contributed by atoms with van der Waals surface area (Å²) in [5, 5.41) is 8.99. The van der Waals surface area contributed by atoms with E-state index in [9.17, 15) is 0 Å². The monoisotopic (exact) mass is 284 g/mol. The van der Waals surface area contributed by atoms with Crippen molar-refractivity contribution in [2.75, 3.05) is 5.33 Å². The molecule has 86 valence electrons. The van der Waals surface area contributed by atoms with E-state index in [0.29, 0.717) is 12.4 Å². The van der Waals surface area contributed by atoms with Gasteiger partial charge in [0.25, 0.3) is 0 Å². The zero-order valence-electron chi connectivity index (χ0n) is 9.27.